The van der Waals surface area contributed by atoms with Crippen molar-refractivity contribution >= 4 is 34.7 Å². The van der Waals surface area contributed by atoms with Gasteiger partial charge in [-0.1, -0.05) is 36.4 Å². The number of hydrogen-bond donors (Lipinski definition) is 2. The largest absolute Gasteiger partial charge is 0.490 e. The molecular formula is C33H38N4O5S. The SMILES string of the molecule is CN1C(=O)c2cc(NC(=O)Cc3cccs3)ccc2OC[C@H]2O[C@@H](CC(=O)N[C@H]3CCN(Cc4ccccc4)C3)CC[C@@H]21. The number of carbonyl (C=O) groups excluding carboxylic acids is 3. The van der Waals surface area contributed by atoms with Gasteiger partial charge in [-0.3, -0.25) is 19.3 Å². The molecule has 4 atom stereocenters. The van der Waals surface area contributed by atoms with Crippen molar-refractivity contribution in [1.29, 1.82) is 0 Å². The Bertz CT molecular complexity index is 1430. The third-order valence-corrected chi connectivity index (χ3v) is 9.39. The second-order valence-corrected chi connectivity index (χ2v) is 12.7. The molecule has 2 fully saturated rings. The van der Waals surface area contributed by atoms with Gasteiger partial charge in [-0.25, -0.2) is 0 Å². The number of likely N-dealkylation sites (tertiary alicyclic amines) is 1. The lowest BCUT2D eigenvalue weighted by Crippen LogP contribution is -2.54. The third kappa shape index (κ3) is 7.26. The smallest absolute Gasteiger partial charge is 0.257 e. The van der Waals surface area contributed by atoms with E-state index >= 15 is 0 Å². The van der Waals surface area contributed by atoms with Gasteiger partial charge in [0.05, 0.1) is 30.6 Å². The number of anilines is 1. The molecule has 0 saturated carbocycles. The first kappa shape index (κ1) is 29.3. The Morgan fingerprint density at radius 1 is 1.02 bits per heavy atom. The molecule has 3 aliphatic rings. The van der Waals surface area contributed by atoms with Gasteiger partial charge in [0.25, 0.3) is 5.91 Å². The summed E-state index contributed by atoms with van der Waals surface area (Å²) in [4.78, 5) is 44.1. The van der Waals surface area contributed by atoms with Crippen LogP contribution in [0.15, 0.2) is 66.0 Å². The molecule has 3 amide bonds. The molecule has 10 heteroatoms. The van der Waals surface area contributed by atoms with Crippen LogP contribution in [-0.4, -0.2) is 78.6 Å². The van der Waals surface area contributed by atoms with E-state index in [0.29, 0.717) is 29.8 Å². The summed E-state index contributed by atoms with van der Waals surface area (Å²) in [5.74, 6) is 0.143. The lowest BCUT2D eigenvalue weighted by atomic mass is 9.94. The zero-order chi connectivity index (χ0) is 29.8. The topological polar surface area (TPSA) is 100 Å². The molecule has 1 aromatic heterocycles. The molecule has 2 N–H and O–H groups in total. The fraction of sp³-hybridized carbons (Fsp3) is 0.424. The number of likely N-dealkylation sites (N-methyl/N-ethyl adjacent to an activating group) is 1. The summed E-state index contributed by atoms with van der Waals surface area (Å²) in [6.07, 6.45) is 2.35. The molecule has 0 bridgehead atoms. The lowest BCUT2D eigenvalue weighted by molar-refractivity contribution is -0.134. The number of rotatable bonds is 8. The van der Waals surface area contributed by atoms with E-state index in [2.05, 4.69) is 39.8 Å². The van der Waals surface area contributed by atoms with Crippen LogP contribution in [0.2, 0.25) is 0 Å². The van der Waals surface area contributed by atoms with Crippen LogP contribution >= 0.6 is 11.3 Å². The molecule has 0 unspecified atom stereocenters. The van der Waals surface area contributed by atoms with Crippen LogP contribution in [0.1, 0.15) is 46.5 Å². The zero-order valence-corrected chi connectivity index (χ0v) is 25.2. The van der Waals surface area contributed by atoms with E-state index in [-0.39, 0.29) is 55.0 Å². The van der Waals surface area contributed by atoms with Crippen LogP contribution in [0.4, 0.5) is 5.69 Å². The van der Waals surface area contributed by atoms with Gasteiger partial charge in [-0.15, -0.1) is 11.3 Å². The summed E-state index contributed by atoms with van der Waals surface area (Å²) in [6, 6.07) is 19.4. The summed E-state index contributed by atoms with van der Waals surface area (Å²) in [7, 11) is 1.79. The molecule has 0 spiro atoms. The molecule has 9 nitrogen and oxygen atoms in total. The molecule has 226 valence electrons. The Balaban J connectivity index is 1.02. The average Bonchev–Trinajstić information content (AvgIpc) is 3.67. The molecule has 6 rings (SSSR count). The van der Waals surface area contributed by atoms with Crippen LogP contribution in [0, 0.1) is 0 Å². The van der Waals surface area contributed by atoms with E-state index in [1.165, 1.54) is 16.9 Å². The minimum absolute atomic E-state index is 0.00482. The molecule has 4 heterocycles. The molecule has 43 heavy (non-hydrogen) atoms. The first-order valence-electron chi connectivity index (χ1n) is 15.0. The third-order valence-electron chi connectivity index (χ3n) is 8.51. The number of hydrogen-bond acceptors (Lipinski definition) is 7. The Hall–Kier alpha value is -3.73. The highest BCUT2D eigenvalue weighted by Gasteiger charge is 2.39. The Labute approximate surface area is 256 Å². The summed E-state index contributed by atoms with van der Waals surface area (Å²) in [5, 5.41) is 8.05. The summed E-state index contributed by atoms with van der Waals surface area (Å²) in [6.45, 7) is 2.97. The normalized spacial score (nSPS) is 23.8. The van der Waals surface area contributed by atoms with Gasteiger partial charge >= 0.3 is 0 Å². The number of fused-ring (bicyclic) bond motifs is 2. The van der Waals surface area contributed by atoms with Crippen molar-refractivity contribution in [3.05, 3.63) is 82.0 Å². The maximum Gasteiger partial charge on any atom is 0.257 e. The Kier molecular flexibility index (Phi) is 9.06. The van der Waals surface area contributed by atoms with Crippen molar-refractivity contribution in [2.24, 2.45) is 0 Å². The van der Waals surface area contributed by atoms with Crippen molar-refractivity contribution in [3.63, 3.8) is 0 Å². The number of carbonyl (C=O) groups is 3. The highest BCUT2D eigenvalue weighted by Crippen LogP contribution is 2.32. The number of thiophene rings is 1. The van der Waals surface area contributed by atoms with Crippen molar-refractivity contribution in [2.45, 2.75) is 62.9 Å². The number of nitrogens with zero attached hydrogens (tertiary/aromatic N) is 2. The first-order chi connectivity index (χ1) is 20.9. The standard InChI is InChI=1S/C33H38N4O5S/c1-36-28-11-10-25(17-31(38)35-24-13-14-37(20-24)19-22-6-3-2-4-7-22)42-30(28)21-41-29-12-9-23(16-27(29)33(36)40)34-32(39)18-26-8-5-15-43-26/h2-9,12,15-16,24-25,28,30H,10-11,13-14,17-21H2,1H3,(H,34,39)(H,35,38)/t24-,25+,28-,30+/m0/s1. The van der Waals surface area contributed by atoms with E-state index in [1.807, 2.05) is 23.6 Å². The average molecular weight is 603 g/mol. The summed E-state index contributed by atoms with van der Waals surface area (Å²) < 4.78 is 12.5. The van der Waals surface area contributed by atoms with Crippen molar-refractivity contribution in [2.75, 3.05) is 32.1 Å². The van der Waals surface area contributed by atoms with Crippen LogP contribution in [0.5, 0.6) is 5.75 Å². The summed E-state index contributed by atoms with van der Waals surface area (Å²) in [5.41, 5.74) is 2.25. The van der Waals surface area contributed by atoms with E-state index in [0.717, 1.165) is 37.4 Å². The van der Waals surface area contributed by atoms with Crippen molar-refractivity contribution < 1.29 is 23.9 Å². The molecule has 0 aliphatic carbocycles. The van der Waals surface area contributed by atoms with Gasteiger partial charge in [0.2, 0.25) is 11.8 Å². The molecule has 0 radical (unpaired) electrons. The Morgan fingerprint density at radius 2 is 1.88 bits per heavy atom. The van der Waals surface area contributed by atoms with Crippen LogP contribution < -0.4 is 15.4 Å². The van der Waals surface area contributed by atoms with Gasteiger partial charge in [0, 0.05) is 43.3 Å². The van der Waals surface area contributed by atoms with E-state index in [4.69, 9.17) is 9.47 Å². The van der Waals surface area contributed by atoms with Gasteiger partial charge in [0.1, 0.15) is 18.5 Å². The second kappa shape index (κ2) is 13.3. The van der Waals surface area contributed by atoms with Crippen molar-refractivity contribution in [3.8, 4) is 5.75 Å². The minimum Gasteiger partial charge on any atom is -0.490 e. The van der Waals surface area contributed by atoms with Gasteiger partial charge in [-0.2, -0.15) is 0 Å². The van der Waals surface area contributed by atoms with Gasteiger partial charge in [-0.05, 0) is 54.5 Å². The maximum atomic E-state index is 13.5. The van der Waals surface area contributed by atoms with Crippen molar-refractivity contribution in [1.82, 2.24) is 15.1 Å². The predicted molar refractivity (Wildman–Crippen MR) is 165 cm³/mol. The fourth-order valence-electron chi connectivity index (χ4n) is 6.31. The zero-order valence-electron chi connectivity index (χ0n) is 24.4. The van der Waals surface area contributed by atoms with E-state index in [1.54, 1.807) is 30.1 Å². The maximum absolute atomic E-state index is 13.5. The monoisotopic (exact) mass is 602 g/mol. The number of amides is 3. The number of nitrogens with one attached hydrogen (secondary N) is 2. The fourth-order valence-corrected chi connectivity index (χ4v) is 7.01. The van der Waals surface area contributed by atoms with Gasteiger partial charge < -0.3 is 25.0 Å². The second-order valence-electron chi connectivity index (χ2n) is 11.7. The first-order valence-corrected chi connectivity index (χ1v) is 15.9. The van der Waals surface area contributed by atoms with Crippen LogP contribution in [0.25, 0.3) is 0 Å². The molecule has 2 aromatic carbocycles. The summed E-state index contributed by atoms with van der Waals surface area (Å²) >= 11 is 1.53. The van der Waals surface area contributed by atoms with Gasteiger partial charge in [0.15, 0.2) is 0 Å². The molecule has 2 saturated heterocycles. The quantitative estimate of drug-likeness (QED) is 0.403. The predicted octanol–water partition coefficient (Wildman–Crippen LogP) is 4.09. The molecule has 3 aromatic rings. The lowest BCUT2D eigenvalue weighted by Gasteiger charge is -2.42. The number of benzene rings is 2. The Morgan fingerprint density at radius 3 is 2.70 bits per heavy atom. The van der Waals surface area contributed by atoms with Crippen LogP contribution in [-0.2, 0) is 27.3 Å². The van der Waals surface area contributed by atoms with E-state index < -0.39 is 0 Å². The highest BCUT2D eigenvalue weighted by molar-refractivity contribution is 7.10. The number of ether oxygens (including phenoxy) is 2. The van der Waals surface area contributed by atoms with E-state index in [9.17, 15) is 14.4 Å². The minimum atomic E-state index is -0.341. The molecule has 3 aliphatic heterocycles. The molecular weight excluding hydrogens is 564 g/mol. The van der Waals surface area contributed by atoms with Crippen LogP contribution in [0.3, 0.4) is 0 Å². The highest BCUT2D eigenvalue weighted by atomic mass is 32.1.